The molecule has 5 heteroatoms. The van der Waals surface area contributed by atoms with E-state index in [9.17, 15) is 4.79 Å². The molecule has 2 heterocycles. The van der Waals surface area contributed by atoms with E-state index >= 15 is 0 Å². The van der Waals surface area contributed by atoms with Crippen molar-refractivity contribution in [2.75, 3.05) is 18.4 Å². The van der Waals surface area contributed by atoms with E-state index in [0.717, 1.165) is 25.2 Å². The second kappa shape index (κ2) is 7.76. The molecular weight excluding hydrogens is 314 g/mol. The van der Waals surface area contributed by atoms with Gasteiger partial charge in [0.1, 0.15) is 5.82 Å². The van der Waals surface area contributed by atoms with E-state index in [1.54, 1.807) is 6.20 Å². The predicted molar refractivity (Wildman–Crippen MR) is 98.7 cm³/mol. The molecule has 0 aliphatic carbocycles. The van der Waals surface area contributed by atoms with E-state index in [4.69, 9.17) is 4.74 Å². The second-order valence-electron chi connectivity index (χ2n) is 6.77. The number of carbonyl (C=O) groups excluding carboxylic acids is 1. The summed E-state index contributed by atoms with van der Waals surface area (Å²) in [6.45, 7) is 8.89. The molecule has 3 rings (SSSR count). The fourth-order valence-corrected chi connectivity index (χ4v) is 3.23. The maximum absolute atomic E-state index is 12.4. The molecule has 1 aliphatic heterocycles. The van der Waals surface area contributed by atoms with Crippen molar-refractivity contribution in [2.24, 2.45) is 0 Å². The molecule has 25 heavy (non-hydrogen) atoms. The second-order valence-corrected chi connectivity index (χ2v) is 6.77. The van der Waals surface area contributed by atoms with Crippen LogP contribution in [0.5, 0.6) is 0 Å². The number of pyridine rings is 1. The van der Waals surface area contributed by atoms with Crippen LogP contribution in [0.2, 0.25) is 0 Å². The van der Waals surface area contributed by atoms with E-state index in [-0.39, 0.29) is 18.1 Å². The summed E-state index contributed by atoms with van der Waals surface area (Å²) in [6.07, 6.45) is 2.20. The number of anilines is 1. The van der Waals surface area contributed by atoms with Crippen molar-refractivity contribution in [1.29, 1.82) is 0 Å². The Morgan fingerprint density at radius 1 is 1.20 bits per heavy atom. The highest BCUT2D eigenvalue weighted by Crippen LogP contribution is 2.16. The lowest BCUT2D eigenvalue weighted by molar-refractivity contribution is -0.0704. The van der Waals surface area contributed by atoms with Gasteiger partial charge in [-0.05, 0) is 50.1 Å². The molecular formula is C20H25N3O2. The van der Waals surface area contributed by atoms with Gasteiger partial charge in [0.05, 0.1) is 12.2 Å². The van der Waals surface area contributed by atoms with Crippen LogP contribution in [0.3, 0.4) is 0 Å². The molecule has 0 spiro atoms. The molecule has 1 aromatic heterocycles. The first-order chi connectivity index (χ1) is 12.0. The SMILES string of the molecule is Cc1cccnc1NC(=O)c1ccc(CN2C[C@@H](C)O[C@@H](C)C2)cc1. The highest BCUT2D eigenvalue weighted by atomic mass is 16.5. The third kappa shape index (κ3) is 4.65. The van der Waals surface area contributed by atoms with Crippen molar-refractivity contribution >= 4 is 11.7 Å². The van der Waals surface area contributed by atoms with Gasteiger partial charge in [-0.3, -0.25) is 9.69 Å². The zero-order chi connectivity index (χ0) is 17.8. The van der Waals surface area contributed by atoms with Crippen LogP contribution in [0, 0.1) is 6.92 Å². The number of hydrogen-bond acceptors (Lipinski definition) is 4. The Kier molecular flexibility index (Phi) is 5.46. The van der Waals surface area contributed by atoms with E-state index in [0.29, 0.717) is 11.4 Å². The predicted octanol–water partition coefficient (Wildman–Crippen LogP) is 3.25. The molecule has 0 bridgehead atoms. The standard InChI is InChI=1S/C20H25N3O2/c1-14-5-4-10-21-19(14)22-20(24)18-8-6-17(7-9-18)13-23-11-15(2)25-16(3)12-23/h4-10,15-16H,11-13H2,1-3H3,(H,21,22,24)/t15-,16+. The molecule has 0 unspecified atom stereocenters. The summed E-state index contributed by atoms with van der Waals surface area (Å²) in [4.78, 5) is 19.0. The van der Waals surface area contributed by atoms with Gasteiger partial charge >= 0.3 is 0 Å². The number of rotatable bonds is 4. The molecule has 0 saturated carbocycles. The van der Waals surface area contributed by atoms with Gasteiger partial charge in [0, 0.05) is 31.4 Å². The van der Waals surface area contributed by atoms with Crippen molar-refractivity contribution < 1.29 is 9.53 Å². The summed E-state index contributed by atoms with van der Waals surface area (Å²) in [5, 5.41) is 2.86. The van der Waals surface area contributed by atoms with Crippen LogP contribution in [0.1, 0.15) is 35.3 Å². The lowest BCUT2D eigenvalue weighted by Crippen LogP contribution is -2.44. The van der Waals surface area contributed by atoms with Crippen LogP contribution >= 0.6 is 0 Å². The number of benzene rings is 1. The van der Waals surface area contributed by atoms with Crippen molar-refractivity contribution in [1.82, 2.24) is 9.88 Å². The monoisotopic (exact) mass is 339 g/mol. The van der Waals surface area contributed by atoms with Crippen LogP contribution < -0.4 is 5.32 Å². The Bertz CT molecular complexity index is 720. The van der Waals surface area contributed by atoms with Gasteiger partial charge in [0.15, 0.2) is 0 Å². The van der Waals surface area contributed by atoms with Gasteiger partial charge in [0.2, 0.25) is 0 Å². The summed E-state index contributed by atoms with van der Waals surface area (Å²) in [7, 11) is 0. The largest absolute Gasteiger partial charge is 0.373 e. The molecule has 1 amide bonds. The van der Waals surface area contributed by atoms with Crippen LogP contribution in [-0.2, 0) is 11.3 Å². The number of nitrogens with zero attached hydrogens (tertiary/aromatic N) is 2. The number of amides is 1. The minimum atomic E-state index is -0.137. The van der Waals surface area contributed by atoms with Crippen LogP contribution in [0.4, 0.5) is 5.82 Å². The van der Waals surface area contributed by atoms with Gasteiger partial charge in [-0.2, -0.15) is 0 Å². The minimum absolute atomic E-state index is 0.137. The number of aromatic nitrogens is 1. The molecule has 1 fully saturated rings. The third-order valence-corrected chi connectivity index (χ3v) is 4.36. The molecule has 1 aliphatic rings. The normalized spacial score (nSPS) is 21.1. The number of aryl methyl sites for hydroxylation is 1. The highest BCUT2D eigenvalue weighted by molar-refractivity contribution is 6.04. The lowest BCUT2D eigenvalue weighted by atomic mass is 10.1. The topological polar surface area (TPSA) is 54.5 Å². The van der Waals surface area contributed by atoms with Crippen molar-refractivity contribution in [2.45, 2.75) is 39.5 Å². The van der Waals surface area contributed by atoms with Gasteiger partial charge in [0.25, 0.3) is 5.91 Å². The molecule has 5 nitrogen and oxygen atoms in total. The Morgan fingerprint density at radius 2 is 1.88 bits per heavy atom. The summed E-state index contributed by atoms with van der Waals surface area (Å²) in [5.41, 5.74) is 2.78. The van der Waals surface area contributed by atoms with E-state index < -0.39 is 0 Å². The summed E-state index contributed by atoms with van der Waals surface area (Å²) in [6, 6.07) is 11.6. The quantitative estimate of drug-likeness (QED) is 0.929. The fourth-order valence-electron chi connectivity index (χ4n) is 3.23. The molecule has 2 aromatic rings. The number of morpholine rings is 1. The van der Waals surface area contributed by atoms with Gasteiger partial charge < -0.3 is 10.1 Å². The zero-order valence-electron chi connectivity index (χ0n) is 15.0. The van der Waals surface area contributed by atoms with E-state index in [1.165, 1.54) is 5.56 Å². The van der Waals surface area contributed by atoms with Gasteiger partial charge in [-0.1, -0.05) is 18.2 Å². The first-order valence-corrected chi connectivity index (χ1v) is 8.71. The van der Waals surface area contributed by atoms with Crippen molar-refractivity contribution in [3.05, 3.63) is 59.3 Å². The highest BCUT2D eigenvalue weighted by Gasteiger charge is 2.22. The molecule has 1 aromatic carbocycles. The molecule has 2 atom stereocenters. The number of ether oxygens (including phenoxy) is 1. The summed E-state index contributed by atoms with van der Waals surface area (Å²) >= 11 is 0. The minimum Gasteiger partial charge on any atom is -0.373 e. The summed E-state index contributed by atoms with van der Waals surface area (Å²) in [5.74, 6) is 0.467. The van der Waals surface area contributed by atoms with Crippen molar-refractivity contribution in [3.63, 3.8) is 0 Å². The lowest BCUT2D eigenvalue weighted by Gasteiger charge is -2.35. The van der Waals surface area contributed by atoms with Crippen molar-refractivity contribution in [3.8, 4) is 0 Å². The third-order valence-electron chi connectivity index (χ3n) is 4.36. The van der Waals surface area contributed by atoms with Gasteiger partial charge in [-0.25, -0.2) is 4.98 Å². The van der Waals surface area contributed by atoms with Gasteiger partial charge in [-0.15, -0.1) is 0 Å². The Morgan fingerprint density at radius 3 is 2.52 bits per heavy atom. The maximum Gasteiger partial charge on any atom is 0.256 e. The number of carbonyl (C=O) groups is 1. The number of nitrogens with one attached hydrogen (secondary N) is 1. The Hall–Kier alpha value is -2.24. The molecule has 1 saturated heterocycles. The average molecular weight is 339 g/mol. The fraction of sp³-hybridized carbons (Fsp3) is 0.400. The van der Waals surface area contributed by atoms with E-state index in [2.05, 4.69) is 29.0 Å². The van der Waals surface area contributed by atoms with E-state index in [1.807, 2.05) is 43.3 Å². The Balaban J connectivity index is 1.62. The maximum atomic E-state index is 12.4. The average Bonchev–Trinajstić information content (AvgIpc) is 2.56. The first kappa shape index (κ1) is 17.6. The number of hydrogen-bond donors (Lipinski definition) is 1. The zero-order valence-corrected chi connectivity index (χ0v) is 15.0. The first-order valence-electron chi connectivity index (χ1n) is 8.71. The van der Waals surface area contributed by atoms with Crippen LogP contribution in [-0.4, -0.2) is 41.1 Å². The van der Waals surface area contributed by atoms with Crippen LogP contribution in [0.15, 0.2) is 42.6 Å². The summed E-state index contributed by atoms with van der Waals surface area (Å²) < 4.78 is 5.77. The smallest absolute Gasteiger partial charge is 0.256 e. The van der Waals surface area contributed by atoms with Crippen LogP contribution in [0.25, 0.3) is 0 Å². The molecule has 0 radical (unpaired) electrons. The molecule has 132 valence electrons. The Labute approximate surface area is 149 Å². The molecule has 1 N–H and O–H groups in total.